The van der Waals surface area contributed by atoms with Gasteiger partial charge in [-0.3, -0.25) is 4.79 Å². The lowest BCUT2D eigenvalue weighted by Gasteiger charge is -2.35. The maximum atomic E-state index is 12.9. The number of rotatable bonds is 6. The van der Waals surface area contributed by atoms with Gasteiger partial charge < -0.3 is 15.0 Å². The van der Waals surface area contributed by atoms with Crippen molar-refractivity contribution in [3.63, 3.8) is 0 Å². The van der Waals surface area contributed by atoms with Gasteiger partial charge in [-0.05, 0) is 37.1 Å². The molecule has 1 atom stereocenters. The number of hydrogen-bond donors (Lipinski definition) is 1. The van der Waals surface area contributed by atoms with Crippen LogP contribution in [0.2, 0.25) is 5.15 Å². The molecule has 31 heavy (non-hydrogen) atoms. The molecule has 4 rings (SSSR count). The lowest BCUT2D eigenvalue weighted by atomic mass is 10.2. The number of pyridine rings is 2. The van der Waals surface area contributed by atoms with Crippen LogP contribution in [0.1, 0.15) is 23.2 Å². The van der Waals surface area contributed by atoms with Crippen molar-refractivity contribution in [3.8, 4) is 0 Å². The fourth-order valence-corrected chi connectivity index (χ4v) is 5.33. The Balaban J connectivity index is 1.42. The first-order chi connectivity index (χ1) is 14.9. The molecule has 11 heteroatoms. The first kappa shape index (κ1) is 21.9. The minimum absolute atomic E-state index is 0.0536. The molecule has 0 radical (unpaired) electrons. The topological polar surface area (TPSA) is 105 Å². The number of carbonyl (C=O) groups is 1. The molecular weight excluding hydrogens is 442 g/mol. The zero-order valence-electron chi connectivity index (χ0n) is 16.9. The van der Waals surface area contributed by atoms with Crippen molar-refractivity contribution in [1.82, 2.24) is 19.6 Å². The molecule has 0 aliphatic carbocycles. The van der Waals surface area contributed by atoms with Gasteiger partial charge in [0.15, 0.2) is 5.03 Å². The molecule has 2 aliphatic rings. The van der Waals surface area contributed by atoms with Crippen LogP contribution in [0.3, 0.4) is 0 Å². The third kappa shape index (κ3) is 4.98. The van der Waals surface area contributed by atoms with E-state index in [0.717, 1.165) is 19.4 Å². The Labute approximate surface area is 186 Å². The predicted molar refractivity (Wildman–Crippen MR) is 116 cm³/mol. The average Bonchev–Trinajstić information content (AvgIpc) is 3.31. The van der Waals surface area contributed by atoms with Gasteiger partial charge >= 0.3 is 0 Å². The summed E-state index contributed by atoms with van der Waals surface area (Å²) in [7, 11) is -3.74. The Kier molecular flexibility index (Phi) is 6.71. The van der Waals surface area contributed by atoms with Crippen molar-refractivity contribution in [2.24, 2.45) is 0 Å². The highest BCUT2D eigenvalue weighted by Gasteiger charge is 2.31. The van der Waals surface area contributed by atoms with E-state index in [4.69, 9.17) is 16.3 Å². The molecule has 2 aromatic rings. The number of halogens is 1. The summed E-state index contributed by atoms with van der Waals surface area (Å²) in [5, 5.41) is 2.98. The summed E-state index contributed by atoms with van der Waals surface area (Å²) in [6.45, 7) is 2.52. The molecule has 0 aromatic carbocycles. The molecule has 0 spiro atoms. The van der Waals surface area contributed by atoms with Crippen molar-refractivity contribution in [1.29, 1.82) is 0 Å². The van der Waals surface area contributed by atoms with E-state index in [1.807, 2.05) is 4.90 Å². The molecule has 4 heterocycles. The number of anilines is 1. The molecule has 1 unspecified atom stereocenters. The molecule has 0 saturated carbocycles. The summed E-state index contributed by atoms with van der Waals surface area (Å²) in [5.74, 6) is 0.335. The van der Waals surface area contributed by atoms with Gasteiger partial charge in [0.1, 0.15) is 11.0 Å². The van der Waals surface area contributed by atoms with Crippen molar-refractivity contribution in [2.75, 3.05) is 44.2 Å². The van der Waals surface area contributed by atoms with Crippen LogP contribution in [-0.4, -0.2) is 74.0 Å². The number of piperazine rings is 1. The number of nitrogens with one attached hydrogen (secondary N) is 1. The molecular formula is C20H24ClN5O4S. The van der Waals surface area contributed by atoms with Gasteiger partial charge in [-0.25, -0.2) is 18.4 Å². The van der Waals surface area contributed by atoms with Crippen molar-refractivity contribution in [3.05, 3.63) is 47.2 Å². The van der Waals surface area contributed by atoms with Crippen LogP contribution in [0.5, 0.6) is 0 Å². The minimum Gasteiger partial charge on any atom is -0.376 e. The van der Waals surface area contributed by atoms with Crippen LogP contribution >= 0.6 is 11.6 Å². The fraction of sp³-hybridized carbons (Fsp3) is 0.450. The Morgan fingerprint density at radius 3 is 2.71 bits per heavy atom. The standard InChI is InChI=1S/C20H24ClN5O4S/c21-17-6-1-7-18(24-17)31(28,29)26-11-9-25(10-12-26)19-16(5-2-8-22-19)20(27)23-14-15-4-3-13-30-15/h1-2,5-8,15H,3-4,9-14H2,(H,23,27). The molecule has 2 fully saturated rings. The second-order valence-corrected chi connectivity index (χ2v) is 9.68. The Morgan fingerprint density at radius 2 is 2.00 bits per heavy atom. The summed E-state index contributed by atoms with van der Waals surface area (Å²) in [6.07, 6.45) is 3.64. The number of ether oxygens (including phenoxy) is 1. The number of hydrogen-bond acceptors (Lipinski definition) is 7. The molecule has 2 aromatic heterocycles. The molecule has 0 bridgehead atoms. The van der Waals surface area contributed by atoms with Crippen molar-refractivity contribution >= 4 is 33.3 Å². The predicted octanol–water partition coefficient (Wildman–Crippen LogP) is 1.55. The van der Waals surface area contributed by atoms with E-state index in [0.29, 0.717) is 31.0 Å². The van der Waals surface area contributed by atoms with Gasteiger partial charge in [0.05, 0.1) is 11.7 Å². The maximum absolute atomic E-state index is 12.9. The van der Waals surface area contributed by atoms with Gasteiger partial charge in [-0.1, -0.05) is 17.7 Å². The SMILES string of the molecule is O=C(NCC1CCCO1)c1cccnc1N1CCN(S(=O)(=O)c2cccc(Cl)n2)CC1. The van der Waals surface area contributed by atoms with Gasteiger partial charge in [-0.15, -0.1) is 0 Å². The van der Waals surface area contributed by atoms with Crippen LogP contribution in [-0.2, 0) is 14.8 Å². The van der Waals surface area contributed by atoms with E-state index < -0.39 is 10.0 Å². The van der Waals surface area contributed by atoms with Crippen molar-refractivity contribution in [2.45, 2.75) is 24.0 Å². The zero-order valence-corrected chi connectivity index (χ0v) is 18.5. The summed E-state index contributed by atoms with van der Waals surface area (Å²) >= 11 is 5.85. The first-order valence-corrected chi connectivity index (χ1v) is 12.0. The summed E-state index contributed by atoms with van der Waals surface area (Å²) in [4.78, 5) is 23.0. The van der Waals surface area contributed by atoms with Crippen LogP contribution in [0.15, 0.2) is 41.6 Å². The number of nitrogens with zero attached hydrogens (tertiary/aromatic N) is 4. The molecule has 2 saturated heterocycles. The third-order valence-electron chi connectivity index (χ3n) is 5.38. The summed E-state index contributed by atoms with van der Waals surface area (Å²) < 4.78 is 32.7. The lowest BCUT2D eigenvalue weighted by molar-refractivity contribution is 0.0858. The van der Waals surface area contributed by atoms with E-state index >= 15 is 0 Å². The second-order valence-electron chi connectivity index (χ2n) is 7.41. The van der Waals surface area contributed by atoms with Gasteiger partial charge in [0, 0.05) is 45.5 Å². The van der Waals surface area contributed by atoms with Gasteiger partial charge in [-0.2, -0.15) is 4.31 Å². The van der Waals surface area contributed by atoms with E-state index in [-0.39, 0.29) is 35.3 Å². The number of carbonyl (C=O) groups excluding carboxylic acids is 1. The van der Waals surface area contributed by atoms with E-state index in [1.54, 1.807) is 24.4 Å². The van der Waals surface area contributed by atoms with E-state index in [2.05, 4.69) is 15.3 Å². The van der Waals surface area contributed by atoms with Crippen LogP contribution < -0.4 is 10.2 Å². The Hall–Kier alpha value is -2.27. The maximum Gasteiger partial charge on any atom is 0.260 e. The van der Waals surface area contributed by atoms with Gasteiger partial charge in [0.25, 0.3) is 15.9 Å². The van der Waals surface area contributed by atoms with E-state index in [9.17, 15) is 13.2 Å². The molecule has 9 nitrogen and oxygen atoms in total. The van der Waals surface area contributed by atoms with Gasteiger partial charge in [0.2, 0.25) is 0 Å². The molecule has 1 amide bonds. The van der Waals surface area contributed by atoms with Crippen LogP contribution in [0, 0.1) is 0 Å². The molecule has 1 N–H and O–H groups in total. The first-order valence-electron chi connectivity index (χ1n) is 10.2. The van der Waals surface area contributed by atoms with E-state index in [1.165, 1.54) is 16.4 Å². The number of aromatic nitrogens is 2. The molecule has 2 aliphatic heterocycles. The monoisotopic (exact) mass is 465 g/mol. The molecule has 166 valence electrons. The van der Waals surface area contributed by atoms with Crippen LogP contribution in [0.25, 0.3) is 0 Å². The fourth-order valence-electron chi connectivity index (χ4n) is 3.74. The average molecular weight is 466 g/mol. The van der Waals surface area contributed by atoms with Crippen molar-refractivity contribution < 1.29 is 17.9 Å². The summed E-state index contributed by atoms with van der Waals surface area (Å²) in [5.41, 5.74) is 0.466. The Morgan fingerprint density at radius 1 is 1.19 bits per heavy atom. The number of sulfonamides is 1. The quantitative estimate of drug-likeness (QED) is 0.645. The zero-order chi connectivity index (χ0) is 21.8. The largest absolute Gasteiger partial charge is 0.376 e. The highest BCUT2D eigenvalue weighted by Crippen LogP contribution is 2.22. The normalized spacial score (nSPS) is 20.0. The Bertz CT molecular complexity index is 1040. The second kappa shape index (κ2) is 9.47. The smallest absolute Gasteiger partial charge is 0.260 e. The highest BCUT2D eigenvalue weighted by molar-refractivity contribution is 7.89. The van der Waals surface area contributed by atoms with Crippen LogP contribution in [0.4, 0.5) is 5.82 Å². The lowest BCUT2D eigenvalue weighted by Crippen LogP contribution is -2.49. The third-order valence-corrected chi connectivity index (χ3v) is 7.39. The number of amides is 1. The summed E-state index contributed by atoms with van der Waals surface area (Å²) in [6, 6.07) is 7.98. The minimum atomic E-state index is -3.74. The highest BCUT2D eigenvalue weighted by atomic mass is 35.5.